The van der Waals surface area contributed by atoms with Crippen molar-refractivity contribution in [1.29, 1.82) is 0 Å². The highest BCUT2D eigenvalue weighted by Crippen LogP contribution is 2.29. The van der Waals surface area contributed by atoms with E-state index in [1.54, 1.807) is 6.07 Å². The number of benzene rings is 1. The van der Waals surface area contributed by atoms with Gasteiger partial charge in [-0.15, -0.1) is 0 Å². The van der Waals surface area contributed by atoms with Crippen LogP contribution in [0.15, 0.2) is 24.3 Å². The number of piperidine rings is 1. The maximum absolute atomic E-state index is 14.0. The van der Waals surface area contributed by atoms with Crippen molar-refractivity contribution in [3.8, 4) is 0 Å². The number of likely N-dealkylation sites (N-methyl/N-ethyl adjacent to an activating group) is 1. The Kier molecular flexibility index (Phi) is 7.25. The summed E-state index contributed by atoms with van der Waals surface area (Å²) in [7, 11) is 4.12. The molecule has 1 atom stereocenters. The molecule has 0 radical (unpaired) electrons. The van der Waals surface area contributed by atoms with Crippen LogP contribution in [0.1, 0.15) is 37.7 Å². The molecule has 1 saturated heterocycles. The van der Waals surface area contributed by atoms with Gasteiger partial charge in [-0.3, -0.25) is 9.69 Å². The minimum Gasteiger partial charge on any atom is -0.341 e. The van der Waals surface area contributed by atoms with Crippen molar-refractivity contribution in [3.05, 3.63) is 35.6 Å². The zero-order valence-corrected chi connectivity index (χ0v) is 16.9. The van der Waals surface area contributed by atoms with Gasteiger partial charge in [0.1, 0.15) is 5.82 Å². The lowest BCUT2D eigenvalue weighted by atomic mass is 9.84. The normalized spacial score (nSPS) is 21.3. The molecule has 1 amide bonds. The quantitative estimate of drug-likeness (QED) is 0.698. The Labute approximate surface area is 163 Å². The van der Waals surface area contributed by atoms with E-state index in [-0.39, 0.29) is 11.7 Å². The number of halogens is 1. The van der Waals surface area contributed by atoms with Gasteiger partial charge in [0.05, 0.1) is 0 Å². The van der Waals surface area contributed by atoms with E-state index in [0.717, 1.165) is 64.0 Å². The van der Waals surface area contributed by atoms with Crippen LogP contribution in [0.25, 0.3) is 0 Å². The van der Waals surface area contributed by atoms with Crippen LogP contribution in [0.2, 0.25) is 0 Å². The van der Waals surface area contributed by atoms with E-state index >= 15 is 0 Å². The molecule has 0 N–H and O–H groups in total. The highest BCUT2D eigenvalue weighted by atomic mass is 19.1. The highest BCUT2D eigenvalue weighted by molar-refractivity contribution is 5.79. The molecule has 150 valence electrons. The molecule has 0 spiro atoms. The van der Waals surface area contributed by atoms with Gasteiger partial charge in [0.2, 0.25) is 5.91 Å². The standard InChI is InChI=1S/C22H34FN3O/c1-24(2)13-14-26(22(27)19-9-5-10-19)16-18-7-6-12-25(15-18)17-20-8-3-4-11-21(20)23/h3-4,8,11,18-19H,5-7,9-10,12-17H2,1-2H3/t18-/m1/s1. The van der Waals surface area contributed by atoms with Crippen molar-refractivity contribution in [2.75, 3.05) is 46.8 Å². The van der Waals surface area contributed by atoms with Crippen LogP contribution < -0.4 is 0 Å². The molecule has 0 unspecified atom stereocenters. The van der Waals surface area contributed by atoms with E-state index in [0.29, 0.717) is 18.4 Å². The zero-order chi connectivity index (χ0) is 19.2. The molecule has 27 heavy (non-hydrogen) atoms. The molecule has 3 rings (SSSR count). The van der Waals surface area contributed by atoms with Crippen LogP contribution in [0.4, 0.5) is 4.39 Å². The van der Waals surface area contributed by atoms with E-state index in [1.165, 1.54) is 12.5 Å². The van der Waals surface area contributed by atoms with Crippen molar-refractivity contribution >= 4 is 5.91 Å². The zero-order valence-electron chi connectivity index (χ0n) is 16.9. The second kappa shape index (κ2) is 9.65. The number of rotatable bonds is 8. The molecule has 1 aliphatic heterocycles. The molecule has 1 heterocycles. The molecule has 1 aliphatic carbocycles. The van der Waals surface area contributed by atoms with Gasteiger partial charge in [-0.1, -0.05) is 24.6 Å². The van der Waals surface area contributed by atoms with Crippen LogP contribution in [0, 0.1) is 17.7 Å². The topological polar surface area (TPSA) is 26.8 Å². The Morgan fingerprint density at radius 1 is 1.15 bits per heavy atom. The van der Waals surface area contributed by atoms with Gasteiger partial charge in [-0.2, -0.15) is 0 Å². The van der Waals surface area contributed by atoms with Gasteiger partial charge in [-0.05, 0) is 58.3 Å². The summed E-state index contributed by atoms with van der Waals surface area (Å²) in [4.78, 5) is 19.5. The van der Waals surface area contributed by atoms with Crippen molar-refractivity contribution < 1.29 is 9.18 Å². The van der Waals surface area contributed by atoms with Crippen molar-refractivity contribution in [2.45, 2.75) is 38.6 Å². The summed E-state index contributed by atoms with van der Waals surface area (Å²) in [6.07, 6.45) is 5.59. The first-order chi connectivity index (χ1) is 13.0. The lowest BCUT2D eigenvalue weighted by Crippen LogP contribution is -2.47. The lowest BCUT2D eigenvalue weighted by Gasteiger charge is -2.38. The minimum absolute atomic E-state index is 0.118. The Balaban J connectivity index is 1.57. The van der Waals surface area contributed by atoms with Crippen LogP contribution in [0.3, 0.4) is 0 Å². The largest absolute Gasteiger partial charge is 0.341 e. The van der Waals surface area contributed by atoms with E-state index in [4.69, 9.17) is 0 Å². The summed E-state index contributed by atoms with van der Waals surface area (Å²) in [5.74, 6) is 0.976. The third-order valence-corrected chi connectivity index (χ3v) is 6.02. The van der Waals surface area contributed by atoms with E-state index in [9.17, 15) is 9.18 Å². The average molecular weight is 376 g/mol. The minimum atomic E-state index is -0.118. The fourth-order valence-corrected chi connectivity index (χ4v) is 4.15. The number of hydrogen-bond acceptors (Lipinski definition) is 3. The molecular weight excluding hydrogens is 341 g/mol. The van der Waals surface area contributed by atoms with Crippen LogP contribution in [-0.4, -0.2) is 67.4 Å². The average Bonchev–Trinajstić information content (AvgIpc) is 2.59. The first-order valence-electron chi connectivity index (χ1n) is 10.4. The highest BCUT2D eigenvalue weighted by Gasteiger charge is 2.31. The van der Waals surface area contributed by atoms with Gasteiger partial charge in [-0.25, -0.2) is 4.39 Å². The van der Waals surface area contributed by atoms with Crippen LogP contribution >= 0.6 is 0 Å². The Hall–Kier alpha value is -1.46. The maximum atomic E-state index is 14.0. The number of hydrogen-bond donors (Lipinski definition) is 0. The molecule has 1 aromatic rings. The molecule has 0 bridgehead atoms. The van der Waals surface area contributed by atoms with Crippen LogP contribution in [-0.2, 0) is 11.3 Å². The summed E-state index contributed by atoms with van der Waals surface area (Å²) in [6, 6.07) is 7.06. The number of amides is 1. The third kappa shape index (κ3) is 5.76. The van der Waals surface area contributed by atoms with Crippen molar-refractivity contribution in [2.24, 2.45) is 11.8 Å². The Morgan fingerprint density at radius 2 is 1.93 bits per heavy atom. The summed E-state index contributed by atoms with van der Waals surface area (Å²) in [5, 5.41) is 0. The second-order valence-electron chi connectivity index (χ2n) is 8.55. The fourth-order valence-electron chi connectivity index (χ4n) is 4.15. The monoisotopic (exact) mass is 375 g/mol. The second-order valence-corrected chi connectivity index (χ2v) is 8.55. The number of carbonyl (C=O) groups excluding carboxylic acids is 1. The Bertz CT molecular complexity index is 617. The van der Waals surface area contributed by atoms with Crippen LogP contribution in [0.5, 0.6) is 0 Å². The first-order valence-corrected chi connectivity index (χ1v) is 10.4. The summed E-state index contributed by atoms with van der Waals surface area (Å²) in [5.41, 5.74) is 0.771. The van der Waals surface area contributed by atoms with Gasteiger partial charge < -0.3 is 9.80 Å². The number of carbonyl (C=O) groups is 1. The molecule has 4 nitrogen and oxygen atoms in total. The SMILES string of the molecule is CN(C)CCN(C[C@@H]1CCCN(Cc2ccccc2F)C1)C(=O)C1CCC1. The van der Waals surface area contributed by atoms with E-state index < -0.39 is 0 Å². The van der Waals surface area contributed by atoms with Gasteiger partial charge in [0, 0.05) is 44.2 Å². The predicted molar refractivity (Wildman–Crippen MR) is 107 cm³/mol. The summed E-state index contributed by atoms with van der Waals surface area (Å²) >= 11 is 0. The molecular formula is C22H34FN3O. The maximum Gasteiger partial charge on any atom is 0.225 e. The summed E-state index contributed by atoms with van der Waals surface area (Å²) in [6.45, 7) is 5.19. The van der Waals surface area contributed by atoms with Crippen molar-refractivity contribution in [1.82, 2.24) is 14.7 Å². The lowest BCUT2D eigenvalue weighted by molar-refractivity contribution is -0.139. The number of nitrogens with zero attached hydrogens (tertiary/aromatic N) is 3. The number of likely N-dealkylation sites (tertiary alicyclic amines) is 1. The van der Waals surface area contributed by atoms with Gasteiger partial charge in [0.25, 0.3) is 0 Å². The van der Waals surface area contributed by atoms with E-state index in [2.05, 4.69) is 28.8 Å². The third-order valence-electron chi connectivity index (χ3n) is 6.02. The van der Waals surface area contributed by atoms with E-state index in [1.807, 2.05) is 12.1 Å². The molecule has 1 saturated carbocycles. The molecule has 1 aromatic carbocycles. The Morgan fingerprint density at radius 3 is 2.59 bits per heavy atom. The predicted octanol–water partition coefficient (Wildman–Crippen LogP) is 3.23. The molecule has 0 aromatic heterocycles. The first kappa shape index (κ1) is 20.3. The van der Waals surface area contributed by atoms with Gasteiger partial charge in [0.15, 0.2) is 0 Å². The van der Waals surface area contributed by atoms with Crippen molar-refractivity contribution in [3.63, 3.8) is 0 Å². The fraction of sp³-hybridized carbons (Fsp3) is 0.682. The summed E-state index contributed by atoms with van der Waals surface area (Å²) < 4.78 is 14.0. The van der Waals surface area contributed by atoms with Gasteiger partial charge >= 0.3 is 0 Å². The molecule has 5 heteroatoms. The molecule has 2 aliphatic rings. The molecule has 2 fully saturated rings. The smallest absolute Gasteiger partial charge is 0.225 e.